The van der Waals surface area contributed by atoms with Gasteiger partial charge < -0.3 is 9.84 Å². The predicted molar refractivity (Wildman–Crippen MR) is 65.3 cm³/mol. The van der Waals surface area contributed by atoms with Crippen LogP contribution in [0.4, 0.5) is 0 Å². The van der Waals surface area contributed by atoms with Gasteiger partial charge in [0, 0.05) is 12.0 Å². The monoisotopic (exact) mass is 218 g/mol. The molecule has 0 aliphatic heterocycles. The van der Waals surface area contributed by atoms with E-state index in [0.29, 0.717) is 13.0 Å². The van der Waals surface area contributed by atoms with Gasteiger partial charge in [-0.15, -0.1) is 12.3 Å². The van der Waals surface area contributed by atoms with Gasteiger partial charge in [0.05, 0.1) is 12.7 Å². The highest BCUT2D eigenvalue weighted by Gasteiger charge is 2.10. The molecular formula is C14H18O2. The molecule has 1 N–H and O–H groups in total. The minimum absolute atomic E-state index is 0.455. The maximum absolute atomic E-state index is 9.80. The summed E-state index contributed by atoms with van der Waals surface area (Å²) in [6, 6.07) is 7.58. The number of benzene rings is 1. The van der Waals surface area contributed by atoms with Gasteiger partial charge in [-0.2, -0.15) is 0 Å². The Bertz CT molecular complexity index is 352. The second-order valence-electron chi connectivity index (χ2n) is 3.62. The molecule has 0 aliphatic rings. The fourth-order valence-electron chi connectivity index (χ4n) is 1.46. The van der Waals surface area contributed by atoms with E-state index in [1.807, 2.05) is 31.2 Å². The van der Waals surface area contributed by atoms with E-state index < -0.39 is 6.10 Å². The summed E-state index contributed by atoms with van der Waals surface area (Å²) in [5.41, 5.74) is 0.853. The fourth-order valence-corrected chi connectivity index (χ4v) is 1.46. The van der Waals surface area contributed by atoms with Gasteiger partial charge in [0.1, 0.15) is 5.75 Å². The third kappa shape index (κ3) is 3.60. The Kier molecular flexibility index (Phi) is 5.45. The Morgan fingerprint density at radius 2 is 2.19 bits per heavy atom. The molecule has 0 bridgehead atoms. The summed E-state index contributed by atoms with van der Waals surface area (Å²) in [6.07, 6.45) is 6.95. The molecule has 1 atom stereocenters. The van der Waals surface area contributed by atoms with Crippen LogP contribution in [0, 0.1) is 12.3 Å². The van der Waals surface area contributed by atoms with Crippen molar-refractivity contribution in [1.82, 2.24) is 0 Å². The second-order valence-corrected chi connectivity index (χ2v) is 3.62. The van der Waals surface area contributed by atoms with Crippen LogP contribution in [0.2, 0.25) is 0 Å². The van der Waals surface area contributed by atoms with E-state index in [0.717, 1.165) is 24.2 Å². The molecule has 2 nitrogen and oxygen atoms in total. The molecule has 0 saturated heterocycles. The predicted octanol–water partition coefficient (Wildman–Crippen LogP) is 2.92. The second kappa shape index (κ2) is 6.92. The van der Waals surface area contributed by atoms with Crippen molar-refractivity contribution < 1.29 is 9.84 Å². The molecule has 0 heterocycles. The van der Waals surface area contributed by atoms with Gasteiger partial charge in [-0.3, -0.25) is 0 Å². The molecule has 1 aromatic rings. The maximum atomic E-state index is 9.80. The zero-order chi connectivity index (χ0) is 11.8. The summed E-state index contributed by atoms with van der Waals surface area (Å²) >= 11 is 0. The Labute approximate surface area is 97.3 Å². The lowest BCUT2D eigenvalue weighted by Crippen LogP contribution is -2.03. The zero-order valence-corrected chi connectivity index (χ0v) is 9.65. The van der Waals surface area contributed by atoms with E-state index in [2.05, 4.69) is 5.92 Å². The molecule has 0 unspecified atom stereocenters. The van der Waals surface area contributed by atoms with Crippen LogP contribution >= 0.6 is 0 Å². The molecule has 0 spiro atoms. The van der Waals surface area contributed by atoms with Crippen molar-refractivity contribution in [2.75, 3.05) is 6.61 Å². The number of unbranched alkanes of at least 4 members (excludes halogenated alkanes) is 1. The van der Waals surface area contributed by atoms with Crippen LogP contribution < -0.4 is 4.74 Å². The molecule has 0 fully saturated rings. The normalized spacial score (nSPS) is 11.8. The highest BCUT2D eigenvalue weighted by molar-refractivity contribution is 5.34. The van der Waals surface area contributed by atoms with Crippen LogP contribution in [0.3, 0.4) is 0 Å². The summed E-state index contributed by atoms with van der Waals surface area (Å²) in [6.45, 7) is 2.54. The zero-order valence-electron chi connectivity index (χ0n) is 9.65. The van der Waals surface area contributed by atoms with Gasteiger partial charge in [0.2, 0.25) is 0 Å². The first-order valence-electron chi connectivity index (χ1n) is 5.62. The number of terminal acetylenes is 1. The van der Waals surface area contributed by atoms with Crippen molar-refractivity contribution in [3.63, 3.8) is 0 Å². The standard InChI is InChI=1S/C14H18O2/c1-3-5-8-11-16-14-10-7-6-9-12(14)13(15)4-2/h1,6-7,9-10,13,15H,4-5,8,11H2,2H3/t13-/m1/s1. The molecule has 16 heavy (non-hydrogen) atoms. The number of aliphatic hydroxyl groups excluding tert-OH is 1. The molecule has 1 aromatic carbocycles. The maximum Gasteiger partial charge on any atom is 0.125 e. The van der Waals surface area contributed by atoms with Gasteiger partial charge in [0.15, 0.2) is 0 Å². The molecule has 2 heteroatoms. The number of hydrogen-bond donors (Lipinski definition) is 1. The van der Waals surface area contributed by atoms with Crippen LogP contribution in [-0.2, 0) is 0 Å². The van der Waals surface area contributed by atoms with Crippen molar-refractivity contribution in [3.8, 4) is 18.1 Å². The number of para-hydroxylation sites is 1. The van der Waals surface area contributed by atoms with E-state index in [9.17, 15) is 5.11 Å². The van der Waals surface area contributed by atoms with Gasteiger partial charge in [0.25, 0.3) is 0 Å². The highest BCUT2D eigenvalue weighted by atomic mass is 16.5. The van der Waals surface area contributed by atoms with Gasteiger partial charge in [-0.05, 0) is 18.9 Å². The molecule has 0 saturated carbocycles. The van der Waals surface area contributed by atoms with Gasteiger partial charge in [-0.1, -0.05) is 25.1 Å². The van der Waals surface area contributed by atoms with E-state index in [1.165, 1.54) is 0 Å². The van der Waals surface area contributed by atoms with E-state index >= 15 is 0 Å². The van der Waals surface area contributed by atoms with Crippen LogP contribution in [0.15, 0.2) is 24.3 Å². The lowest BCUT2D eigenvalue weighted by atomic mass is 10.1. The Hall–Kier alpha value is -1.46. The lowest BCUT2D eigenvalue weighted by Gasteiger charge is -2.14. The third-order valence-corrected chi connectivity index (χ3v) is 2.39. The SMILES string of the molecule is C#CCCCOc1ccccc1[C@H](O)CC. The van der Waals surface area contributed by atoms with Crippen molar-refractivity contribution >= 4 is 0 Å². The molecule has 86 valence electrons. The molecule has 0 aliphatic carbocycles. The quantitative estimate of drug-likeness (QED) is 0.587. The number of ether oxygens (including phenoxy) is 1. The molecule has 0 radical (unpaired) electrons. The third-order valence-electron chi connectivity index (χ3n) is 2.39. The minimum atomic E-state index is -0.455. The van der Waals surface area contributed by atoms with Crippen molar-refractivity contribution in [1.29, 1.82) is 0 Å². The average Bonchev–Trinajstić information content (AvgIpc) is 2.34. The lowest BCUT2D eigenvalue weighted by molar-refractivity contribution is 0.167. The fraction of sp³-hybridized carbons (Fsp3) is 0.429. The summed E-state index contributed by atoms with van der Waals surface area (Å²) in [5, 5.41) is 9.80. The molecular weight excluding hydrogens is 200 g/mol. The Balaban J connectivity index is 2.61. The summed E-state index contributed by atoms with van der Waals surface area (Å²) in [7, 11) is 0. The summed E-state index contributed by atoms with van der Waals surface area (Å²) in [5.74, 6) is 3.33. The highest BCUT2D eigenvalue weighted by Crippen LogP contribution is 2.26. The van der Waals surface area contributed by atoms with E-state index in [1.54, 1.807) is 0 Å². The van der Waals surface area contributed by atoms with Crippen LogP contribution in [0.1, 0.15) is 37.9 Å². The summed E-state index contributed by atoms with van der Waals surface area (Å²) in [4.78, 5) is 0. The van der Waals surface area contributed by atoms with E-state index in [4.69, 9.17) is 11.2 Å². The summed E-state index contributed by atoms with van der Waals surface area (Å²) < 4.78 is 5.61. The van der Waals surface area contributed by atoms with Crippen molar-refractivity contribution in [3.05, 3.63) is 29.8 Å². The van der Waals surface area contributed by atoms with Crippen LogP contribution in [0.25, 0.3) is 0 Å². The van der Waals surface area contributed by atoms with Crippen LogP contribution in [0.5, 0.6) is 5.75 Å². The first-order chi connectivity index (χ1) is 7.79. The van der Waals surface area contributed by atoms with Crippen molar-refractivity contribution in [2.24, 2.45) is 0 Å². The Morgan fingerprint density at radius 1 is 1.44 bits per heavy atom. The largest absolute Gasteiger partial charge is 0.493 e. The molecule has 1 rings (SSSR count). The van der Waals surface area contributed by atoms with Crippen LogP contribution in [-0.4, -0.2) is 11.7 Å². The minimum Gasteiger partial charge on any atom is -0.493 e. The van der Waals surface area contributed by atoms with E-state index in [-0.39, 0.29) is 0 Å². The smallest absolute Gasteiger partial charge is 0.125 e. The Morgan fingerprint density at radius 3 is 2.88 bits per heavy atom. The number of aliphatic hydroxyl groups is 1. The first-order valence-corrected chi connectivity index (χ1v) is 5.62. The first kappa shape index (κ1) is 12.6. The molecule has 0 aromatic heterocycles. The van der Waals surface area contributed by atoms with Gasteiger partial charge >= 0.3 is 0 Å². The van der Waals surface area contributed by atoms with Crippen molar-refractivity contribution in [2.45, 2.75) is 32.3 Å². The molecule has 0 amide bonds. The average molecular weight is 218 g/mol. The number of rotatable bonds is 6. The van der Waals surface area contributed by atoms with Gasteiger partial charge in [-0.25, -0.2) is 0 Å². The number of hydrogen-bond acceptors (Lipinski definition) is 2. The topological polar surface area (TPSA) is 29.5 Å².